The Bertz CT molecular complexity index is 324. The number of halogens is 1. The summed E-state index contributed by atoms with van der Waals surface area (Å²) in [6.45, 7) is 4.26. The molecule has 2 rings (SSSR count). The highest BCUT2D eigenvalue weighted by Crippen LogP contribution is 2.40. The van der Waals surface area contributed by atoms with Gasteiger partial charge in [-0.05, 0) is 48.3 Å². The lowest BCUT2D eigenvalue weighted by Crippen LogP contribution is -1.98. The van der Waals surface area contributed by atoms with E-state index >= 15 is 0 Å². The Kier molecular flexibility index (Phi) is 2.58. The van der Waals surface area contributed by atoms with Gasteiger partial charge in [0.05, 0.1) is 0 Å². The Labute approximate surface area is 85.1 Å². The fourth-order valence-electron chi connectivity index (χ4n) is 1.86. The monoisotopic (exact) mass is 192 g/mol. The first-order chi connectivity index (χ1) is 6.66. The van der Waals surface area contributed by atoms with Crippen molar-refractivity contribution in [2.75, 3.05) is 0 Å². The Morgan fingerprint density at radius 1 is 1.36 bits per heavy atom. The van der Waals surface area contributed by atoms with E-state index in [2.05, 4.69) is 19.9 Å². The molecule has 1 fully saturated rings. The highest BCUT2D eigenvalue weighted by atomic mass is 19.1. The zero-order chi connectivity index (χ0) is 10.1. The zero-order valence-corrected chi connectivity index (χ0v) is 8.89. The summed E-state index contributed by atoms with van der Waals surface area (Å²) in [4.78, 5) is 0. The molecule has 0 spiro atoms. The maximum absolute atomic E-state index is 13.4. The SMILES string of the molecule is CC(C)Cc1cc(C2CC2)ccc1F. The van der Waals surface area contributed by atoms with E-state index in [9.17, 15) is 4.39 Å². The van der Waals surface area contributed by atoms with Crippen LogP contribution in [0, 0.1) is 11.7 Å². The summed E-state index contributed by atoms with van der Waals surface area (Å²) in [5.74, 6) is 1.21. The Morgan fingerprint density at radius 3 is 2.64 bits per heavy atom. The third-order valence-corrected chi connectivity index (χ3v) is 2.75. The molecule has 1 heteroatoms. The highest BCUT2D eigenvalue weighted by molar-refractivity contribution is 5.30. The molecule has 1 aliphatic rings. The number of hydrogen-bond donors (Lipinski definition) is 0. The summed E-state index contributed by atoms with van der Waals surface area (Å²) < 4.78 is 13.4. The van der Waals surface area contributed by atoms with Gasteiger partial charge >= 0.3 is 0 Å². The van der Waals surface area contributed by atoms with Crippen LogP contribution in [0.25, 0.3) is 0 Å². The van der Waals surface area contributed by atoms with Crippen molar-refractivity contribution in [1.29, 1.82) is 0 Å². The smallest absolute Gasteiger partial charge is 0.126 e. The van der Waals surface area contributed by atoms with Gasteiger partial charge in [-0.25, -0.2) is 4.39 Å². The predicted octanol–water partition coefficient (Wildman–Crippen LogP) is 3.90. The van der Waals surface area contributed by atoms with E-state index in [4.69, 9.17) is 0 Å². The van der Waals surface area contributed by atoms with Crippen molar-refractivity contribution in [3.05, 3.63) is 35.1 Å². The first kappa shape index (κ1) is 9.70. The van der Waals surface area contributed by atoms with Crippen molar-refractivity contribution < 1.29 is 4.39 Å². The molecule has 0 aliphatic heterocycles. The van der Waals surface area contributed by atoms with Crippen molar-refractivity contribution >= 4 is 0 Å². The largest absolute Gasteiger partial charge is 0.207 e. The molecule has 1 saturated carbocycles. The van der Waals surface area contributed by atoms with Crippen molar-refractivity contribution in [2.24, 2.45) is 5.92 Å². The zero-order valence-electron chi connectivity index (χ0n) is 8.89. The van der Waals surface area contributed by atoms with Crippen LogP contribution in [0.3, 0.4) is 0 Å². The minimum absolute atomic E-state index is 0.0388. The van der Waals surface area contributed by atoms with Crippen LogP contribution < -0.4 is 0 Å². The quantitative estimate of drug-likeness (QED) is 0.681. The van der Waals surface area contributed by atoms with E-state index in [0.29, 0.717) is 5.92 Å². The number of hydrogen-bond acceptors (Lipinski definition) is 0. The standard InChI is InChI=1S/C13H17F/c1-9(2)7-12-8-11(10-3-4-10)5-6-13(12)14/h5-6,8-10H,3-4,7H2,1-2H3. The molecule has 0 nitrogen and oxygen atoms in total. The Hall–Kier alpha value is -0.850. The van der Waals surface area contributed by atoms with Crippen LogP contribution in [0.5, 0.6) is 0 Å². The Balaban J connectivity index is 2.22. The van der Waals surface area contributed by atoms with Gasteiger partial charge in [0, 0.05) is 0 Å². The lowest BCUT2D eigenvalue weighted by Gasteiger charge is -2.08. The third-order valence-electron chi connectivity index (χ3n) is 2.75. The summed E-state index contributed by atoms with van der Waals surface area (Å²) in [5.41, 5.74) is 2.23. The van der Waals surface area contributed by atoms with Crippen LogP contribution in [0.2, 0.25) is 0 Å². The van der Waals surface area contributed by atoms with Crippen molar-refractivity contribution in [1.82, 2.24) is 0 Å². The van der Waals surface area contributed by atoms with Gasteiger partial charge in [-0.3, -0.25) is 0 Å². The van der Waals surface area contributed by atoms with Crippen LogP contribution >= 0.6 is 0 Å². The molecular formula is C13H17F. The van der Waals surface area contributed by atoms with Crippen LogP contribution in [-0.2, 0) is 6.42 Å². The molecule has 1 aliphatic carbocycles. The van der Waals surface area contributed by atoms with Gasteiger partial charge in [-0.1, -0.05) is 26.0 Å². The van der Waals surface area contributed by atoms with E-state index < -0.39 is 0 Å². The molecule has 1 aromatic rings. The molecule has 1 aromatic carbocycles. The molecule has 0 unspecified atom stereocenters. The van der Waals surface area contributed by atoms with E-state index in [0.717, 1.165) is 17.9 Å². The van der Waals surface area contributed by atoms with Gasteiger partial charge in [0.15, 0.2) is 0 Å². The molecule has 0 N–H and O–H groups in total. The summed E-state index contributed by atoms with van der Waals surface area (Å²) in [6, 6.07) is 5.63. The maximum Gasteiger partial charge on any atom is 0.126 e. The average Bonchev–Trinajstić information content (AvgIpc) is 2.91. The molecule has 76 valence electrons. The van der Waals surface area contributed by atoms with Gasteiger partial charge < -0.3 is 0 Å². The van der Waals surface area contributed by atoms with E-state index in [1.165, 1.54) is 18.4 Å². The van der Waals surface area contributed by atoms with Gasteiger partial charge in [0.25, 0.3) is 0 Å². The maximum atomic E-state index is 13.4. The van der Waals surface area contributed by atoms with Crippen LogP contribution in [-0.4, -0.2) is 0 Å². The fourth-order valence-corrected chi connectivity index (χ4v) is 1.86. The molecule has 0 amide bonds. The second kappa shape index (κ2) is 3.72. The Morgan fingerprint density at radius 2 is 2.07 bits per heavy atom. The molecule has 0 bridgehead atoms. The highest BCUT2D eigenvalue weighted by Gasteiger charge is 2.24. The fraction of sp³-hybridized carbons (Fsp3) is 0.538. The number of benzene rings is 1. The summed E-state index contributed by atoms with van der Waals surface area (Å²) in [7, 11) is 0. The van der Waals surface area contributed by atoms with Crippen LogP contribution in [0.1, 0.15) is 43.7 Å². The lowest BCUT2D eigenvalue weighted by atomic mass is 9.99. The van der Waals surface area contributed by atoms with Gasteiger partial charge in [0.1, 0.15) is 5.82 Å². The molecule has 14 heavy (non-hydrogen) atoms. The predicted molar refractivity (Wildman–Crippen MR) is 56.9 cm³/mol. The van der Waals surface area contributed by atoms with Crippen molar-refractivity contribution in [3.8, 4) is 0 Å². The topological polar surface area (TPSA) is 0 Å². The average molecular weight is 192 g/mol. The van der Waals surface area contributed by atoms with Crippen molar-refractivity contribution in [3.63, 3.8) is 0 Å². The summed E-state index contributed by atoms with van der Waals surface area (Å²) in [6.07, 6.45) is 3.42. The van der Waals surface area contributed by atoms with Crippen LogP contribution in [0.15, 0.2) is 18.2 Å². The second-order valence-corrected chi connectivity index (χ2v) is 4.72. The lowest BCUT2D eigenvalue weighted by molar-refractivity contribution is 0.573. The molecule has 0 aromatic heterocycles. The number of rotatable bonds is 3. The molecule has 0 saturated heterocycles. The van der Waals surface area contributed by atoms with E-state index in [-0.39, 0.29) is 5.82 Å². The first-order valence-corrected chi connectivity index (χ1v) is 5.45. The van der Waals surface area contributed by atoms with E-state index in [1.54, 1.807) is 6.07 Å². The second-order valence-electron chi connectivity index (χ2n) is 4.72. The minimum atomic E-state index is -0.0388. The summed E-state index contributed by atoms with van der Waals surface area (Å²) >= 11 is 0. The normalized spacial score (nSPS) is 16.3. The molecule has 0 radical (unpaired) electrons. The molecular weight excluding hydrogens is 175 g/mol. The van der Waals surface area contributed by atoms with E-state index in [1.807, 2.05) is 6.07 Å². The van der Waals surface area contributed by atoms with Crippen LogP contribution in [0.4, 0.5) is 4.39 Å². The van der Waals surface area contributed by atoms with Gasteiger partial charge in [-0.2, -0.15) is 0 Å². The van der Waals surface area contributed by atoms with Crippen molar-refractivity contribution in [2.45, 2.75) is 39.0 Å². The summed E-state index contributed by atoms with van der Waals surface area (Å²) in [5, 5.41) is 0. The minimum Gasteiger partial charge on any atom is -0.207 e. The first-order valence-electron chi connectivity index (χ1n) is 5.45. The van der Waals surface area contributed by atoms with Gasteiger partial charge in [0.2, 0.25) is 0 Å². The third kappa shape index (κ3) is 2.14. The molecule has 0 atom stereocenters. The van der Waals surface area contributed by atoms with Gasteiger partial charge in [-0.15, -0.1) is 0 Å². The molecule has 0 heterocycles.